The van der Waals surface area contributed by atoms with Crippen LogP contribution in [-0.4, -0.2) is 42.2 Å². The third-order valence-corrected chi connectivity index (χ3v) is 6.58. The quantitative estimate of drug-likeness (QED) is 0.458. The number of hydrogen-bond donors (Lipinski definition) is 1. The van der Waals surface area contributed by atoms with Crippen molar-refractivity contribution in [1.82, 2.24) is 9.47 Å². The molecule has 4 rings (SSSR count). The zero-order valence-electron chi connectivity index (χ0n) is 15.8. The second-order valence-electron chi connectivity index (χ2n) is 6.60. The predicted molar refractivity (Wildman–Crippen MR) is 112 cm³/mol. The SMILES string of the molecule is C#CCn1c(=NC(=O)CN2C(=O)c3ccccc3C2=O)sc2cc(S(N)(=O)=O)ccc21. The van der Waals surface area contributed by atoms with Crippen LogP contribution in [-0.2, 0) is 21.4 Å². The lowest BCUT2D eigenvalue weighted by molar-refractivity contribution is -0.118. The van der Waals surface area contributed by atoms with Gasteiger partial charge in [0.05, 0.1) is 32.8 Å². The molecule has 0 spiro atoms. The number of carbonyl (C=O) groups excluding carboxylic acids is 3. The minimum Gasteiger partial charge on any atom is -0.305 e. The fourth-order valence-corrected chi connectivity index (χ4v) is 4.92. The van der Waals surface area contributed by atoms with Crippen LogP contribution in [0.2, 0.25) is 0 Å². The minimum absolute atomic E-state index is 0.0772. The zero-order valence-corrected chi connectivity index (χ0v) is 17.4. The number of benzene rings is 2. The Morgan fingerprint density at radius 1 is 1.13 bits per heavy atom. The molecule has 2 N–H and O–H groups in total. The smallest absolute Gasteiger partial charge is 0.268 e. The van der Waals surface area contributed by atoms with Crippen LogP contribution in [0.3, 0.4) is 0 Å². The predicted octanol–water partition coefficient (Wildman–Crippen LogP) is 0.707. The Labute approximate surface area is 180 Å². The number of hydrogen-bond acceptors (Lipinski definition) is 6. The summed E-state index contributed by atoms with van der Waals surface area (Å²) >= 11 is 1.04. The number of primary sulfonamides is 1. The van der Waals surface area contributed by atoms with Crippen LogP contribution < -0.4 is 9.94 Å². The van der Waals surface area contributed by atoms with Gasteiger partial charge >= 0.3 is 0 Å². The van der Waals surface area contributed by atoms with E-state index in [4.69, 9.17) is 11.6 Å². The molecule has 0 unspecified atom stereocenters. The molecule has 0 saturated carbocycles. The summed E-state index contributed by atoms with van der Waals surface area (Å²) in [5, 5.41) is 5.18. The Morgan fingerprint density at radius 3 is 2.35 bits per heavy atom. The number of nitrogens with two attached hydrogens (primary N) is 1. The van der Waals surface area contributed by atoms with Crippen molar-refractivity contribution in [2.24, 2.45) is 10.1 Å². The molecule has 2 heterocycles. The highest BCUT2D eigenvalue weighted by Gasteiger charge is 2.36. The van der Waals surface area contributed by atoms with Crippen LogP contribution in [0.15, 0.2) is 52.4 Å². The van der Waals surface area contributed by atoms with Crippen LogP contribution in [0, 0.1) is 12.3 Å². The Balaban J connectivity index is 1.71. The Kier molecular flexibility index (Phi) is 5.06. The largest absolute Gasteiger partial charge is 0.305 e. The number of sulfonamides is 1. The molecule has 0 saturated heterocycles. The van der Waals surface area contributed by atoms with E-state index in [1.54, 1.807) is 16.7 Å². The lowest BCUT2D eigenvalue weighted by Crippen LogP contribution is -2.35. The molecular formula is C20H14N4O5S2. The third kappa shape index (κ3) is 3.68. The Bertz CT molecular complexity index is 1460. The van der Waals surface area contributed by atoms with Gasteiger partial charge in [-0.25, -0.2) is 13.6 Å². The average molecular weight is 454 g/mol. The Morgan fingerprint density at radius 2 is 1.77 bits per heavy atom. The number of nitrogens with zero attached hydrogens (tertiary/aromatic N) is 3. The zero-order chi connectivity index (χ0) is 22.3. The van der Waals surface area contributed by atoms with Gasteiger partial charge < -0.3 is 4.57 Å². The van der Waals surface area contributed by atoms with Crippen molar-refractivity contribution in [3.8, 4) is 12.3 Å². The highest BCUT2D eigenvalue weighted by molar-refractivity contribution is 7.89. The van der Waals surface area contributed by atoms with Crippen LogP contribution in [0.4, 0.5) is 0 Å². The summed E-state index contributed by atoms with van der Waals surface area (Å²) in [6, 6.07) is 10.5. The van der Waals surface area contributed by atoms with Gasteiger partial charge in [0.25, 0.3) is 17.7 Å². The molecule has 2 aromatic carbocycles. The lowest BCUT2D eigenvalue weighted by Gasteiger charge is -2.10. The maximum atomic E-state index is 12.6. The molecule has 0 radical (unpaired) electrons. The summed E-state index contributed by atoms with van der Waals surface area (Å²) in [5.41, 5.74) is 1.04. The summed E-state index contributed by atoms with van der Waals surface area (Å²) in [6.45, 7) is -0.451. The molecule has 11 heteroatoms. The van der Waals surface area contributed by atoms with Gasteiger partial charge in [-0.1, -0.05) is 29.4 Å². The topological polar surface area (TPSA) is 132 Å². The molecule has 3 aromatic rings. The molecule has 0 aliphatic carbocycles. The maximum Gasteiger partial charge on any atom is 0.268 e. The molecule has 3 amide bonds. The van der Waals surface area contributed by atoms with Gasteiger partial charge in [0.1, 0.15) is 6.54 Å². The minimum atomic E-state index is -3.91. The van der Waals surface area contributed by atoms with E-state index < -0.39 is 34.3 Å². The van der Waals surface area contributed by atoms with Gasteiger partial charge in [-0.05, 0) is 30.3 Å². The van der Waals surface area contributed by atoms with Gasteiger partial charge in [0.15, 0.2) is 4.80 Å². The first-order chi connectivity index (χ1) is 14.7. The molecule has 156 valence electrons. The van der Waals surface area contributed by atoms with E-state index in [1.165, 1.54) is 30.3 Å². The number of aromatic nitrogens is 1. The van der Waals surface area contributed by atoms with E-state index >= 15 is 0 Å². The number of carbonyl (C=O) groups is 3. The second-order valence-corrected chi connectivity index (χ2v) is 9.17. The normalized spacial score (nSPS) is 14.2. The third-order valence-electron chi connectivity index (χ3n) is 4.62. The molecule has 0 fully saturated rings. The summed E-state index contributed by atoms with van der Waals surface area (Å²) in [6.07, 6.45) is 5.42. The number of fused-ring (bicyclic) bond motifs is 2. The van der Waals surface area contributed by atoms with E-state index in [0.29, 0.717) is 10.2 Å². The Hall–Kier alpha value is -3.59. The van der Waals surface area contributed by atoms with Gasteiger partial charge in [-0.2, -0.15) is 4.99 Å². The molecule has 0 bridgehead atoms. The van der Waals surface area contributed by atoms with Crippen LogP contribution in [0.5, 0.6) is 0 Å². The first kappa shape index (κ1) is 20.7. The highest BCUT2D eigenvalue weighted by atomic mass is 32.2. The van der Waals surface area contributed by atoms with Crippen LogP contribution >= 0.6 is 11.3 Å². The van der Waals surface area contributed by atoms with Crippen molar-refractivity contribution in [3.63, 3.8) is 0 Å². The van der Waals surface area contributed by atoms with E-state index in [-0.39, 0.29) is 27.4 Å². The summed E-state index contributed by atoms with van der Waals surface area (Å²) < 4.78 is 25.3. The van der Waals surface area contributed by atoms with Crippen molar-refractivity contribution in [1.29, 1.82) is 0 Å². The molecule has 9 nitrogen and oxygen atoms in total. The molecule has 1 aromatic heterocycles. The molecule has 1 aliphatic heterocycles. The monoisotopic (exact) mass is 454 g/mol. The first-order valence-electron chi connectivity index (χ1n) is 8.83. The van der Waals surface area contributed by atoms with Crippen molar-refractivity contribution in [3.05, 3.63) is 58.4 Å². The summed E-state index contributed by atoms with van der Waals surface area (Å²) in [4.78, 5) is 42.5. The lowest BCUT2D eigenvalue weighted by atomic mass is 10.1. The van der Waals surface area contributed by atoms with Crippen molar-refractivity contribution < 1.29 is 22.8 Å². The molecule has 1 aliphatic rings. The highest BCUT2D eigenvalue weighted by Crippen LogP contribution is 2.23. The molecule has 31 heavy (non-hydrogen) atoms. The van der Waals surface area contributed by atoms with Gasteiger partial charge in [-0.3, -0.25) is 19.3 Å². The number of thiazole rings is 1. The van der Waals surface area contributed by atoms with E-state index in [2.05, 4.69) is 10.9 Å². The first-order valence-corrected chi connectivity index (χ1v) is 11.2. The summed E-state index contributed by atoms with van der Waals surface area (Å²) in [7, 11) is -3.91. The number of imide groups is 1. The maximum absolute atomic E-state index is 12.6. The fraction of sp³-hybridized carbons (Fsp3) is 0.100. The number of terminal acetylenes is 1. The summed E-state index contributed by atoms with van der Waals surface area (Å²) in [5.74, 6) is 0.612. The molecule has 0 atom stereocenters. The van der Waals surface area contributed by atoms with Gasteiger partial charge in [0, 0.05) is 0 Å². The van der Waals surface area contributed by atoms with Crippen LogP contribution in [0.25, 0.3) is 10.2 Å². The van der Waals surface area contributed by atoms with Crippen molar-refractivity contribution in [2.45, 2.75) is 11.4 Å². The van der Waals surface area contributed by atoms with Crippen molar-refractivity contribution >= 4 is 49.3 Å². The van der Waals surface area contributed by atoms with Gasteiger partial charge in [0.2, 0.25) is 10.0 Å². The van der Waals surface area contributed by atoms with Crippen LogP contribution in [0.1, 0.15) is 20.7 Å². The fourth-order valence-electron chi connectivity index (χ4n) is 3.22. The second kappa shape index (κ2) is 7.59. The van der Waals surface area contributed by atoms with Crippen molar-refractivity contribution in [2.75, 3.05) is 6.54 Å². The average Bonchev–Trinajstić information content (AvgIpc) is 3.18. The molecular weight excluding hydrogens is 440 g/mol. The van der Waals surface area contributed by atoms with E-state index in [9.17, 15) is 22.8 Å². The van der Waals surface area contributed by atoms with Gasteiger partial charge in [-0.15, -0.1) is 6.42 Å². The number of rotatable bonds is 4. The standard InChI is InChI=1S/C20H14N4O5S2/c1-2-9-23-15-8-7-12(31(21,28)29)10-16(15)30-20(23)22-17(25)11-24-18(26)13-5-3-4-6-14(13)19(24)27/h1,3-8,10H,9,11H2,(H2,21,28,29). The number of amides is 3. The van der Waals surface area contributed by atoms with E-state index in [0.717, 1.165) is 16.2 Å². The van der Waals surface area contributed by atoms with E-state index in [1.807, 2.05) is 0 Å².